The number of carbonyl (C=O) groups excluding carboxylic acids is 1. The van der Waals surface area contributed by atoms with Crippen molar-refractivity contribution in [3.05, 3.63) is 33.9 Å². The van der Waals surface area contributed by atoms with Crippen molar-refractivity contribution in [3.8, 4) is 0 Å². The van der Waals surface area contributed by atoms with Crippen LogP contribution >= 0.6 is 0 Å². The summed E-state index contributed by atoms with van der Waals surface area (Å²) in [5.74, 6) is -0.268. The number of ether oxygens (including phenoxy) is 1. The summed E-state index contributed by atoms with van der Waals surface area (Å²) in [5, 5.41) is 17.2. The lowest BCUT2D eigenvalue weighted by molar-refractivity contribution is -0.384. The number of benzene rings is 1. The molecule has 1 amide bonds. The number of nitrogens with zero attached hydrogens (tertiary/aromatic N) is 2. The largest absolute Gasteiger partial charge is 0.383 e. The van der Waals surface area contributed by atoms with Crippen molar-refractivity contribution in [1.82, 2.24) is 10.2 Å². The Morgan fingerprint density at radius 2 is 2.12 bits per heavy atom. The Labute approximate surface area is 141 Å². The molecule has 0 spiro atoms. The molecule has 0 bridgehead atoms. The molecule has 8 heteroatoms. The highest BCUT2D eigenvalue weighted by molar-refractivity contribution is 5.95. The molecule has 0 unspecified atom stereocenters. The molecule has 1 heterocycles. The van der Waals surface area contributed by atoms with Gasteiger partial charge in [0, 0.05) is 31.3 Å². The first kappa shape index (κ1) is 18.2. The standard InChI is InChI=1S/C16H24N4O4/c1-19-8-5-13(6-9-19)18-16(21)12-3-4-14(17-7-10-24-2)15(11-12)20(22)23/h3-4,11,13,17H,5-10H2,1-2H3,(H,18,21). The first-order chi connectivity index (χ1) is 11.5. The number of anilines is 1. The number of methoxy groups -OCH3 is 1. The lowest BCUT2D eigenvalue weighted by Gasteiger charge is -2.29. The van der Waals surface area contributed by atoms with Crippen LogP contribution in [0.2, 0.25) is 0 Å². The zero-order valence-corrected chi connectivity index (χ0v) is 14.1. The molecule has 1 aliphatic rings. The molecular weight excluding hydrogens is 312 g/mol. The molecule has 1 aromatic rings. The minimum absolute atomic E-state index is 0.109. The summed E-state index contributed by atoms with van der Waals surface area (Å²) in [5.41, 5.74) is 0.577. The van der Waals surface area contributed by atoms with Crippen LogP contribution in [0, 0.1) is 10.1 Å². The van der Waals surface area contributed by atoms with Gasteiger partial charge in [-0.2, -0.15) is 0 Å². The topological polar surface area (TPSA) is 96.7 Å². The molecule has 0 radical (unpaired) electrons. The summed E-state index contributed by atoms with van der Waals surface area (Å²) in [6.07, 6.45) is 1.78. The van der Waals surface area contributed by atoms with Gasteiger partial charge in [0.05, 0.1) is 11.5 Å². The summed E-state index contributed by atoms with van der Waals surface area (Å²) in [4.78, 5) is 25.3. The molecule has 2 N–H and O–H groups in total. The van der Waals surface area contributed by atoms with E-state index in [9.17, 15) is 14.9 Å². The summed E-state index contributed by atoms with van der Waals surface area (Å²) in [6, 6.07) is 4.61. The van der Waals surface area contributed by atoms with Gasteiger partial charge in [0.25, 0.3) is 11.6 Å². The van der Waals surface area contributed by atoms with Crippen LogP contribution in [0.1, 0.15) is 23.2 Å². The molecule has 1 aliphatic heterocycles. The van der Waals surface area contributed by atoms with Crippen LogP contribution in [0.15, 0.2) is 18.2 Å². The minimum atomic E-state index is -0.485. The Balaban J connectivity index is 2.05. The van der Waals surface area contributed by atoms with E-state index in [1.165, 1.54) is 6.07 Å². The number of carbonyl (C=O) groups is 1. The van der Waals surface area contributed by atoms with E-state index >= 15 is 0 Å². The van der Waals surface area contributed by atoms with E-state index in [1.54, 1.807) is 19.2 Å². The molecular formula is C16H24N4O4. The molecule has 0 aromatic heterocycles. The smallest absolute Gasteiger partial charge is 0.293 e. The maximum absolute atomic E-state index is 12.4. The average Bonchev–Trinajstić information content (AvgIpc) is 2.57. The van der Waals surface area contributed by atoms with E-state index in [2.05, 4.69) is 22.6 Å². The summed E-state index contributed by atoms with van der Waals surface area (Å²) in [6.45, 7) is 2.77. The van der Waals surface area contributed by atoms with Crippen LogP contribution in [0.5, 0.6) is 0 Å². The van der Waals surface area contributed by atoms with Crippen molar-refractivity contribution in [2.24, 2.45) is 0 Å². The Morgan fingerprint density at radius 1 is 1.42 bits per heavy atom. The van der Waals surface area contributed by atoms with Gasteiger partial charge in [0.15, 0.2) is 0 Å². The van der Waals surface area contributed by atoms with Gasteiger partial charge in [-0.15, -0.1) is 0 Å². The maximum Gasteiger partial charge on any atom is 0.293 e. The Hall–Kier alpha value is -2.19. The van der Waals surface area contributed by atoms with E-state index in [-0.39, 0.29) is 17.6 Å². The number of hydrogen-bond donors (Lipinski definition) is 2. The summed E-state index contributed by atoms with van der Waals surface area (Å²) in [7, 11) is 3.61. The molecule has 1 saturated heterocycles. The van der Waals surface area contributed by atoms with Gasteiger partial charge >= 0.3 is 0 Å². The van der Waals surface area contributed by atoms with E-state index in [0.717, 1.165) is 25.9 Å². The summed E-state index contributed by atoms with van der Waals surface area (Å²) >= 11 is 0. The number of piperidine rings is 1. The second-order valence-corrected chi connectivity index (χ2v) is 5.96. The molecule has 8 nitrogen and oxygen atoms in total. The van der Waals surface area contributed by atoms with E-state index in [4.69, 9.17) is 4.74 Å². The lowest BCUT2D eigenvalue weighted by Crippen LogP contribution is -2.43. The highest BCUT2D eigenvalue weighted by Crippen LogP contribution is 2.25. The van der Waals surface area contributed by atoms with Gasteiger partial charge in [0.2, 0.25) is 0 Å². The van der Waals surface area contributed by atoms with Gasteiger partial charge < -0.3 is 20.3 Å². The van der Waals surface area contributed by atoms with Crippen LogP contribution in [0.3, 0.4) is 0 Å². The fourth-order valence-corrected chi connectivity index (χ4v) is 2.68. The number of amides is 1. The highest BCUT2D eigenvalue weighted by Gasteiger charge is 2.21. The molecule has 0 saturated carbocycles. The van der Waals surface area contributed by atoms with Crippen LogP contribution in [-0.4, -0.2) is 62.2 Å². The SMILES string of the molecule is COCCNc1ccc(C(=O)NC2CCN(C)CC2)cc1[N+](=O)[O-]. The third-order valence-corrected chi connectivity index (χ3v) is 4.13. The van der Waals surface area contributed by atoms with Crippen LogP contribution < -0.4 is 10.6 Å². The third kappa shape index (κ3) is 4.90. The second-order valence-electron chi connectivity index (χ2n) is 5.96. The molecule has 1 aromatic carbocycles. The van der Waals surface area contributed by atoms with Crippen LogP contribution in [0.25, 0.3) is 0 Å². The van der Waals surface area contributed by atoms with Gasteiger partial charge in [-0.1, -0.05) is 0 Å². The van der Waals surface area contributed by atoms with E-state index < -0.39 is 4.92 Å². The molecule has 0 atom stereocenters. The van der Waals surface area contributed by atoms with Crippen molar-refractivity contribution in [2.45, 2.75) is 18.9 Å². The number of nitro benzene ring substituents is 1. The monoisotopic (exact) mass is 336 g/mol. The first-order valence-corrected chi connectivity index (χ1v) is 8.02. The van der Waals surface area contributed by atoms with Crippen LogP contribution in [-0.2, 0) is 4.74 Å². The molecule has 2 rings (SSSR count). The number of nitro groups is 1. The van der Waals surface area contributed by atoms with Gasteiger partial charge in [-0.25, -0.2) is 0 Å². The van der Waals surface area contributed by atoms with E-state index in [1.807, 2.05) is 0 Å². The molecule has 132 valence electrons. The Morgan fingerprint density at radius 3 is 2.75 bits per heavy atom. The van der Waals surface area contributed by atoms with Crippen molar-refractivity contribution >= 4 is 17.3 Å². The predicted molar refractivity (Wildman–Crippen MR) is 91.4 cm³/mol. The summed E-state index contributed by atoms with van der Waals surface area (Å²) < 4.78 is 4.92. The normalized spacial score (nSPS) is 15.9. The second kappa shape index (κ2) is 8.60. The number of hydrogen-bond acceptors (Lipinski definition) is 6. The van der Waals surface area contributed by atoms with Crippen molar-refractivity contribution in [2.75, 3.05) is 45.7 Å². The zero-order chi connectivity index (χ0) is 17.5. The van der Waals surface area contributed by atoms with Crippen molar-refractivity contribution in [3.63, 3.8) is 0 Å². The van der Waals surface area contributed by atoms with Crippen LogP contribution in [0.4, 0.5) is 11.4 Å². The van der Waals surface area contributed by atoms with Crippen molar-refractivity contribution in [1.29, 1.82) is 0 Å². The number of nitrogens with one attached hydrogen (secondary N) is 2. The fourth-order valence-electron chi connectivity index (χ4n) is 2.68. The zero-order valence-electron chi connectivity index (χ0n) is 14.1. The highest BCUT2D eigenvalue weighted by atomic mass is 16.6. The van der Waals surface area contributed by atoms with Gasteiger partial charge in [-0.3, -0.25) is 14.9 Å². The minimum Gasteiger partial charge on any atom is -0.383 e. The average molecular weight is 336 g/mol. The van der Waals surface area contributed by atoms with Crippen molar-refractivity contribution < 1.29 is 14.5 Å². The lowest BCUT2D eigenvalue weighted by atomic mass is 10.0. The van der Waals surface area contributed by atoms with Gasteiger partial charge in [-0.05, 0) is 45.1 Å². The van der Waals surface area contributed by atoms with E-state index in [0.29, 0.717) is 24.4 Å². The van der Waals surface area contributed by atoms with Gasteiger partial charge in [0.1, 0.15) is 5.69 Å². The number of likely N-dealkylation sites (tertiary alicyclic amines) is 1. The quantitative estimate of drug-likeness (QED) is 0.445. The fraction of sp³-hybridized carbons (Fsp3) is 0.562. The number of rotatable bonds is 7. The first-order valence-electron chi connectivity index (χ1n) is 8.02. The third-order valence-electron chi connectivity index (χ3n) is 4.13. The molecule has 24 heavy (non-hydrogen) atoms. The Bertz CT molecular complexity index is 585. The molecule has 1 fully saturated rings. The molecule has 0 aliphatic carbocycles. The Kier molecular flexibility index (Phi) is 6.51. The predicted octanol–water partition coefficient (Wildman–Crippen LogP) is 1.48. The maximum atomic E-state index is 12.4.